The number of hydrogen-bond donors (Lipinski definition) is 2. The average molecular weight is 508 g/mol. The maximum absolute atomic E-state index is 13.1. The molecule has 5 rings (SSSR count). The number of aromatic nitrogens is 3. The molecule has 0 fully saturated rings. The lowest BCUT2D eigenvalue weighted by Crippen LogP contribution is -2.22. The first kappa shape index (κ1) is 22.6. The summed E-state index contributed by atoms with van der Waals surface area (Å²) in [6.07, 6.45) is 4.85. The summed E-state index contributed by atoms with van der Waals surface area (Å²) in [5, 5.41) is 6.08. The molecule has 35 heavy (non-hydrogen) atoms. The van der Waals surface area contributed by atoms with Gasteiger partial charge in [-0.05, 0) is 30.3 Å². The van der Waals surface area contributed by atoms with E-state index in [9.17, 15) is 18.0 Å². The van der Waals surface area contributed by atoms with E-state index in [1.165, 1.54) is 48.8 Å². The summed E-state index contributed by atoms with van der Waals surface area (Å²) >= 11 is 1.37. The number of rotatable bonds is 5. The second-order valence-corrected chi connectivity index (χ2v) is 10.4. The van der Waals surface area contributed by atoms with Crippen molar-refractivity contribution in [3.8, 4) is 16.6 Å². The van der Waals surface area contributed by atoms with Crippen molar-refractivity contribution in [3.63, 3.8) is 0 Å². The van der Waals surface area contributed by atoms with Crippen LogP contribution in [-0.2, 0) is 16.4 Å². The summed E-state index contributed by atoms with van der Waals surface area (Å²) in [6, 6.07) is 10.3. The molecule has 2 aromatic heterocycles. The Hall–Kier alpha value is -4.16. The van der Waals surface area contributed by atoms with Crippen LogP contribution in [0.4, 0.5) is 5.69 Å². The lowest BCUT2D eigenvalue weighted by molar-refractivity contribution is 0.0949. The summed E-state index contributed by atoms with van der Waals surface area (Å²) in [6.45, 7) is 0.209. The molecule has 0 saturated carbocycles. The fraction of sp³-hybridized carbons (Fsp3) is 0.0870. The number of fused-ring (bicyclic) bond motifs is 2. The third-order valence-electron chi connectivity index (χ3n) is 5.24. The molecule has 0 spiro atoms. The minimum Gasteiger partial charge on any atom is -0.467 e. The topological polar surface area (TPSA) is 140 Å². The number of carbonyl (C=O) groups is 2. The van der Waals surface area contributed by atoms with E-state index in [4.69, 9.17) is 4.74 Å². The number of benzene rings is 2. The molecular formula is C23H17N5O5S2. The van der Waals surface area contributed by atoms with Crippen LogP contribution in [0.5, 0.6) is 6.01 Å². The first-order valence-corrected chi connectivity index (χ1v) is 12.6. The van der Waals surface area contributed by atoms with Gasteiger partial charge in [0.15, 0.2) is 0 Å². The molecule has 0 bridgehead atoms. The van der Waals surface area contributed by atoms with Crippen LogP contribution in [0.25, 0.3) is 10.6 Å². The number of thiazole rings is 1. The maximum atomic E-state index is 13.1. The lowest BCUT2D eigenvalue weighted by Gasteiger charge is -2.10. The predicted molar refractivity (Wildman–Crippen MR) is 127 cm³/mol. The van der Waals surface area contributed by atoms with E-state index in [1.807, 2.05) is 0 Å². The van der Waals surface area contributed by atoms with Crippen LogP contribution in [0.3, 0.4) is 0 Å². The smallest absolute Gasteiger partial charge is 0.316 e. The van der Waals surface area contributed by atoms with Gasteiger partial charge in [0.25, 0.3) is 11.8 Å². The zero-order valence-electron chi connectivity index (χ0n) is 18.2. The highest BCUT2D eigenvalue weighted by atomic mass is 32.2. The number of methoxy groups -OCH3 is 1. The molecule has 0 unspecified atom stereocenters. The molecule has 3 heterocycles. The van der Waals surface area contributed by atoms with E-state index in [2.05, 4.69) is 25.6 Å². The highest BCUT2D eigenvalue weighted by Crippen LogP contribution is 2.34. The molecule has 1 aliphatic heterocycles. The number of nitrogens with zero attached hydrogens (tertiary/aromatic N) is 3. The maximum Gasteiger partial charge on any atom is 0.316 e. The van der Waals surface area contributed by atoms with Gasteiger partial charge in [0.1, 0.15) is 5.01 Å². The van der Waals surface area contributed by atoms with Crippen molar-refractivity contribution < 1.29 is 22.7 Å². The second-order valence-electron chi connectivity index (χ2n) is 7.44. The number of hydrogen-bond acceptors (Lipinski definition) is 9. The summed E-state index contributed by atoms with van der Waals surface area (Å²) in [4.78, 5) is 38.5. The van der Waals surface area contributed by atoms with Crippen LogP contribution in [-0.4, -0.2) is 42.3 Å². The number of sulfone groups is 1. The molecule has 0 saturated heterocycles. The minimum atomic E-state index is -3.94. The fourth-order valence-electron chi connectivity index (χ4n) is 3.52. The van der Waals surface area contributed by atoms with Gasteiger partial charge in [-0.2, -0.15) is 0 Å². The Labute approximate surface area is 204 Å². The number of anilines is 1. The van der Waals surface area contributed by atoms with Crippen LogP contribution in [0.15, 0.2) is 70.8 Å². The fourth-order valence-corrected chi connectivity index (χ4v) is 5.94. The van der Waals surface area contributed by atoms with Gasteiger partial charge in [-0.1, -0.05) is 12.1 Å². The molecular weight excluding hydrogens is 490 g/mol. The summed E-state index contributed by atoms with van der Waals surface area (Å²) < 4.78 is 31.1. The van der Waals surface area contributed by atoms with E-state index < -0.39 is 21.7 Å². The average Bonchev–Trinajstić information content (AvgIpc) is 3.33. The van der Waals surface area contributed by atoms with Crippen molar-refractivity contribution in [1.82, 2.24) is 20.3 Å². The van der Waals surface area contributed by atoms with Crippen LogP contribution in [0.1, 0.15) is 25.6 Å². The van der Waals surface area contributed by atoms with Gasteiger partial charge >= 0.3 is 6.01 Å². The number of amides is 2. The SMILES string of the molecule is COc1ncc(-c2ncc(CNC(=O)c3ccc4c(c3)NC(=O)c3ccccc3S4(=O)=O)s2)cn1. The molecule has 2 N–H and O–H groups in total. The summed E-state index contributed by atoms with van der Waals surface area (Å²) in [7, 11) is -2.46. The molecule has 2 amide bonds. The number of carbonyl (C=O) groups excluding carboxylic acids is 2. The van der Waals surface area contributed by atoms with Crippen molar-refractivity contribution >= 4 is 38.7 Å². The molecule has 4 aromatic rings. The minimum absolute atomic E-state index is 0.0537. The van der Waals surface area contributed by atoms with Gasteiger partial charge in [-0.25, -0.2) is 23.4 Å². The summed E-state index contributed by atoms with van der Waals surface area (Å²) in [5.74, 6) is -0.982. The molecule has 1 aliphatic rings. The molecule has 176 valence electrons. The van der Waals surface area contributed by atoms with E-state index in [0.717, 1.165) is 10.4 Å². The Bertz CT molecular complexity index is 1570. The molecule has 10 nitrogen and oxygen atoms in total. The van der Waals surface area contributed by atoms with Crippen molar-refractivity contribution in [2.75, 3.05) is 12.4 Å². The monoisotopic (exact) mass is 507 g/mol. The Balaban J connectivity index is 1.33. The molecule has 12 heteroatoms. The van der Waals surface area contributed by atoms with Gasteiger partial charge in [-0.3, -0.25) is 9.59 Å². The standard InChI is InChI=1S/C23H17N5O5S2/c1-33-23-26-9-14(10-27-23)22-25-12-15(34-22)11-24-20(29)13-6-7-19-17(8-13)28-21(30)16-4-2-3-5-18(16)35(19,31)32/h2-10,12H,11H2,1H3,(H,24,29)(H,28,30). The van der Waals surface area contributed by atoms with Gasteiger partial charge in [-0.15, -0.1) is 11.3 Å². The molecule has 0 radical (unpaired) electrons. The van der Waals surface area contributed by atoms with Crippen LogP contribution in [0.2, 0.25) is 0 Å². The highest BCUT2D eigenvalue weighted by molar-refractivity contribution is 7.91. The molecule has 0 atom stereocenters. The van der Waals surface area contributed by atoms with E-state index >= 15 is 0 Å². The zero-order valence-corrected chi connectivity index (χ0v) is 19.8. The van der Waals surface area contributed by atoms with E-state index in [1.54, 1.807) is 30.7 Å². The van der Waals surface area contributed by atoms with Crippen molar-refractivity contribution in [2.24, 2.45) is 0 Å². The summed E-state index contributed by atoms with van der Waals surface area (Å²) in [5.41, 5.74) is 1.03. The number of nitrogens with one attached hydrogen (secondary N) is 2. The largest absolute Gasteiger partial charge is 0.467 e. The predicted octanol–water partition coefficient (Wildman–Crippen LogP) is 2.94. The van der Waals surface area contributed by atoms with Gasteiger partial charge in [0.05, 0.1) is 34.7 Å². The third-order valence-corrected chi connectivity index (χ3v) is 8.15. The highest BCUT2D eigenvalue weighted by Gasteiger charge is 2.31. The lowest BCUT2D eigenvalue weighted by atomic mass is 10.1. The van der Waals surface area contributed by atoms with E-state index in [-0.39, 0.29) is 39.2 Å². The van der Waals surface area contributed by atoms with Crippen molar-refractivity contribution in [2.45, 2.75) is 16.3 Å². The Morgan fingerprint density at radius 1 is 1.06 bits per heavy atom. The van der Waals surface area contributed by atoms with Crippen molar-refractivity contribution in [3.05, 3.63) is 77.1 Å². The Morgan fingerprint density at radius 3 is 2.60 bits per heavy atom. The van der Waals surface area contributed by atoms with Gasteiger partial charge < -0.3 is 15.4 Å². The van der Waals surface area contributed by atoms with Crippen molar-refractivity contribution in [1.29, 1.82) is 0 Å². The van der Waals surface area contributed by atoms with Crippen LogP contribution < -0.4 is 15.4 Å². The zero-order chi connectivity index (χ0) is 24.6. The number of ether oxygens (including phenoxy) is 1. The molecule has 2 aromatic carbocycles. The van der Waals surface area contributed by atoms with Crippen LogP contribution in [0, 0.1) is 0 Å². The first-order chi connectivity index (χ1) is 16.9. The third kappa shape index (κ3) is 4.24. The quantitative estimate of drug-likeness (QED) is 0.420. The van der Waals surface area contributed by atoms with Gasteiger partial charge in [0, 0.05) is 34.6 Å². The first-order valence-electron chi connectivity index (χ1n) is 10.3. The van der Waals surface area contributed by atoms with Gasteiger partial charge in [0.2, 0.25) is 9.84 Å². The molecule has 0 aliphatic carbocycles. The second kappa shape index (κ2) is 8.89. The Morgan fingerprint density at radius 2 is 1.83 bits per heavy atom. The Kier molecular flexibility index (Phi) is 5.75. The van der Waals surface area contributed by atoms with E-state index in [0.29, 0.717) is 5.01 Å². The van der Waals surface area contributed by atoms with Crippen LogP contribution >= 0.6 is 11.3 Å². The normalized spacial score (nSPS) is 13.7.